The molecule has 1 fully saturated rings. The number of hydrogen-bond acceptors (Lipinski definition) is 2. The summed E-state index contributed by atoms with van der Waals surface area (Å²) in [7, 11) is 2.00. The van der Waals surface area contributed by atoms with Gasteiger partial charge in [0.25, 0.3) is 0 Å². The van der Waals surface area contributed by atoms with Gasteiger partial charge in [0.2, 0.25) is 0 Å². The van der Waals surface area contributed by atoms with Gasteiger partial charge in [-0.25, -0.2) is 0 Å². The molecular weight excluding hydrogens is 114 g/mol. The second kappa shape index (κ2) is 2.48. The Kier molecular flexibility index (Phi) is 1.86. The Labute approximate surface area is 55.8 Å². The van der Waals surface area contributed by atoms with Crippen molar-refractivity contribution in [3.8, 4) is 0 Å². The van der Waals surface area contributed by atoms with Crippen LogP contribution < -0.4 is 0 Å². The van der Waals surface area contributed by atoms with Gasteiger partial charge in [0.05, 0.1) is 6.04 Å². The third-order valence-electron chi connectivity index (χ3n) is 1.97. The number of nitrogens with zero attached hydrogens (tertiary/aromatic N) is 1. The van der Waals surface area contributed by atoms with Crippen LogP contribution in [-0.4, -0.2) is 30.8 Å². The minimum absolute atomic E-state index is 0.194. The maximum absolute atomic E-state index is 10.3. The van der Waals surface area contributed by atoms with E-state index in [1.54, 1.807) is 0 Å². The van der Waals surface area contributed by atoms with E-state index in [4.69, 9.17) is 0 Å². The molecule has 0 spiro atoms. The van der Waals surface area contributed by atoms with Crippen molar-refractivity contribution in [1.82, 2.24) is 4.90 Å². The Balaban J connectivity index is 2.47. The van der Waals surface area contributed by atoms with E-state index < -0.39 is 0 Å². The van der Waals surface area contributed by atoms with Crippen molar-refractivity contribution >= 4 is 6.29 Å². The summed E-state index contributed by atoms with van der Waals surface area (Å²) >= 11 is 0. The van der Waals surface area contributed by atoms with Crippen LogP contribution in [0.25, 0.3) is 0 Å². The predicted octanol–water partition coefficient (Wildman–Crippen LogP) is 0.526. The molecule has 9 heavy (non-hydrogen) atoms. The lowest BCUT2D eigenvalue weighted by molar-refractivity contribution is -0.111. The molecule has 0 N–H and O–H groups in total. The van der Waals surface area contributed by atoms with Crippen LogP contribution in [0.1, 0.15) is 13.3 Å². The van der Waals surface area contributed by atoms with Crippen LogP contribution >= 0.6 is 0 Å². The molecule has 0 aromatic heterocycles. The molecule has 0 saturated carbocycles. The van der Waals surface area contributed by atoms with Gasteiger partial charge in [0.1, 0.15) is 6.29 Å². The quantitative estimate of drug-likeness (QED) is 0.479. The molecule has 1 saturated heterocycles. The van der Waals surface area contributed by atoms with Gasteiger partial charge in [-0.1, -0.05) is 6.92 Å². The van der Waals surface area contributed by atoms with Crippen LogP contribution in [0, 0.1) is 5.92 Å². The number of aldehydes is 1. The SMILES string of the molecule is CC1C[C@@H](C=O)N(C)C1. The minimum Gasteiger partial charge on any atom is -0.302 e. The van der Waals surface area contributed by atoms with E-state index >= 15 is 0 Å². The molecule has 0 amide bonds. The zero-order valence-electron chi connectivity index (χ0n) is 6.00. The van der Waals surface area contributed by atoms with Crippen molar-refractivity contribution in [2.24, 2.45) is 5.92 Å². The first kappa shape index (κ1) is 6.75. The number of rotatable bonds is 1. The van der Waals surface area contributed by atoms with E-state index in [1.807, 2.05) is 7.05 Å². The zero-order chi connectivity index (χ0) is 6.85. The van der Waals surface area contributed by atoms with Crippen LogP contribution in [0.5, 0.6) is 0 Å². The average Bonchev–Trinajstić information content (AvgIpc) is 2.10. The third kappa shape index (κ3) is 1.30. The highest BCUT2D eigenvalue weighted by molar-refractivity contribution is 5.58. The fourth-order valence-electron chi connectivity index (χ4n) is 1.45. The lowest BCUT2D eigenvalue weighted by Gasteiger charge is -2.10. The second-order valence-electron chi connectivity index (χ2n) is 2.98. The molecule has 1 rings (SSSR count). The summed E-state index contributed by atoms with van der Waals surface area (Å²) in [5.41, 5.74) is 0. The molecule has 0 aromatic rings. The highest BCUT2D eigenvalue weighted by atomic mass is 16.1. The van der Waals surface area contributed by atoms with E-state index in [2.05, 4.69) is 11.8 Å². The minimum atomic E-state index is 0.194. The summed E-state index contributed by atoms with van der Waals surface area (Å²) in [6, 6.07) is 0.194. The molecule has 1 aliphatic rings. The Morgan fingerprint density at radius 2 is 2.33 bits per heavy atom. The van der Waals surface area contributed by atoms with Crippen LogP contribution in [-0.2, 0) is 4.79 Å². The van der Waals surface area contributed by atoms with Crippen LogP contribution in [0.3, 0.4) is 0 Å². The van der Waals surface area contributed by atoms with Crippen molar-refractivity contribution in [3.63, 3.8) is 0 Å². The highest BCUT2D eigenvalue weighted by Crippen LogP contribution is 2.18. The number of likely N-dealkylation sites (tertiary alicyclic amines) is 1. The fourth-order valence-corrected chi connectivity index (χ4v) is 1.45. The molecule has 0 bridgehead atoms. The van der Waals surface area contributed by atoms with E-state index in [0.29, 0.717) is 5.92 Å². The van der Waals surface area contributed by atoms with Gasteiger partial charge < -0.3 is 4.79 Å². The van der Waals surface area contributed by atoms with Gasteiger partial charge in [-0.15, -0.1) is 0 Å². The fraction of sp³-hybridized carbons (Fsp3) is 0.857. The Hall–Kier alpha value is -0.370. The topological polar surface area (TPSA) is 20.3 Å². The first-order valence-electron chi connectivity index (χ1n) is 3.39. The smallest absolute Gasteiger partial charge is 0.137 e. The molecule has 2 atom stereocenters. The van der Waals surface area contributed by atoms with Gasteiger partial charge in [-0.2, -0.15) is 0 Å². The van der Waals surface area contributed by atoms with Gasteiger partial charge in [0.15, 0.2) is 0 Å². The number of hydrogen-bond donors (Lipinski definition) is 0. The summed E-state index contributed by atoms with van der Waals surface area (Å²) in [6.45, 7) is 3.25. The molecule has 0 aliphatic carbocycles. The molecule has 1 heterocycles. The Morgan fingerprint density at radius 3 is 2.56 bits per heavy atom. The monoisotopic (exact) mass is 127 g/mol. The van der Waals surface area contributed by atoms with Gasteiger partial charge >= 0.3 is 0 Å². The molecule has 2 nitrogen and oxygen atoms in total. The van der Waals surface area contributed by atoms with Crippen molar-refractivity contribution < 1.29 is 4.79 Å². The summed E-state index contributed by atoms with van der Waals surface area (Å²) in [6.07, 6.45) is 2.09. The number of likely N-dealkylation sites (N-methyl/N-ethyl adjacent to an activating group) is 1. The zero-order valence-corrected chi connectivity index (χ0v) is 6.00. The van der Waals surface area contributed by atoms with E-state index in [0.717, 1.165) is 19.3 Å². The highest BCUT2D eigenvalue weighted by Gasteiger charge is 2.25. The second-order valence-corrected chi connectivity index (χ2v) is 2.98. The molecule has 2 heteroatoms. The van der Waals surface area contributed by atoms with E-state index in [-0.39, 0.29) is 6.04 Å². The van der Waals surface area contributed by atoms with Crippen molar-refractivity contribution in [1.29, 1.82) is 0 Å². The molecular formula is C7H13NO. The summed E-state index contributed by atoms with van der Waals surface area (Å²) in [5, 5.41) is 0. The van der Waals surface area contributed by atoms with E-state index in [1.165, 1.54) is 0 Å². The van der Waals surface area contributed by atoms with Crippen molar-refractivity contribution in [2.45, 2.75) is 19.4 Å². The summed E-state index contributed by atoms with van der Waals surface area (Å²) in [5.74, 6) is 0.699. The Bertz CT molecular complexity index is 113. The van der Waals surface area contributed by atoms with Gasteiger partial charge in [0, 0.05) is 6.54 Å². The summed E-state index contributed by atoms with van der Waals surface area (Å²) in [4.78, 5) is 12.4. The lowest BCUT2D eigenvalue weighted by atomic mass is 10.1. The third-order valence-corrected chi connectivity index (χ3v) is 1.97. The molecule has 52 valence electrons. The van der Waals surface area contributed by atoms with Crippen LogP contribution in [0.15, 0.2) is 0 Å². The van der Waals surface area contributed by atoms with Crippen LogP contribution in [0.4, 0.5) is 0 Å². The maximum Gasteiger partial charge on any atom is 0.137 e. The first-order chi connectivity index (χ1) is 4.24. The summed E-state index contributed by atoms with van der Waals surface area (Å²) < 4.78 is 0. The lowest BCUT2D eigenvalue weighted by Crippen LogP contribution is -2.25. The molecule has 0 radical (unpaired) electrons. The molecule has 1 aliphatic heterocycles. The van der Waals surface area contributed by atoms with Crippen LogP contribution in [0.2, 0.25) is 0 Å². The molecule has 1 unspecified atom stereocenters. The molecule has 0 aromatic carbocycles. The normalized spacial score (nSPS) is 37.1. The van der Waals surface area contributed by atoms with Gasteiger partial charge in [-0.3, -0.25) is 4.90 Å². The van der Waals surface area contributed by atoms with Crippen molar-refractivity contribution in [2.75, 3.05) is 13.6 Å². The standard InChI is InChI=1S/C7H13NO/c1-6-3-7(5-9)8(2)4-6/h5-7H,3-4H2,1-2H3/t6?,7-/m0/s1. The number of carbonyl (C=O) groups excluding carboxylic acids is 1. The maximum atomic E-state index is 10.3. The Morgan fingerprint density at radius 1 is 1.67 bits per heavy atom. The largest absolute Gasteiger partial charge is 0.302 e. The van der Waals surface area contributed by atoms with E-state index in [9.17, 15) is 4.79 Å². The van der Waals surface area contributed by atoms with Gasteiger partial charge in [-0.05, 0) is 19.4 Å². The average molecular weight is 127 g/mol. The predicted molar refractivity (Wildman–Crippen MR) is 36.3 cm³/mol. The van der Waals surface area contributed by atoms with Crippen molar-refractivity contribution in [3.05, 3.63) is 0 Å². The number of carbonyl (C=O) groups is 1. The first-order valence-corrected chi connectivity index (χ1v) is 3.39.